The second-order valence-corrected chi connectivity index (χ2v) is 6.55. The van der Waals surface area contributed by atoms with E-state index in [0.29, 0.717) is 12.1 Å². The Morgan fingerprint density at radius 3 is 2.38 bits per heavy atom. The van der Waals surface area contributed by atoms with Crippen LogP contribution in [0.2, 0.25) is 10.3 Å². The quantitative estimate of drug-likeness (QED) is 0.655. The number of rotatable bonds is 4. The van der Waals surface area contributed by atoms with Gasteiger partial charge in [0.15, 0.2) is 10.3 Å². The molecule has 0 aliphatic carbocycles. The van der Waals surface area contributed by atoms with Crippen LogP contribution in [0.1, 0.15) is 12.5 Å². The molecule has 9 heteroatoms. The van der Waals surface area contributed by atoms with E-state index in [-0.39, 0.29) is 20.9 Å². The highest BCUT2D eigenvalue weighted by Crippen LogP contribution is 2.29. The Bertz CT molecular complexity index is 761. The second-order valence-electron chi connectivity index (χ2n) is 4.15. The molecule has 6 nitrogen and oxygen atoms in total. The summed E-state index contributed by atoms with van der Waals surface area (Å²) < 4.78 is 26.9. The van der Waals surface area contributed by atoms with Crippen molar-refractivity contribution in [2.24, 2.45) is 0 Å². The molecule has 2 rings (SSSR count). The summed E-state index contributed by atoms with van der Waals surface area (Å²) in [5.74, 6) is 0. The van der Waals surface area contributed by atoms with Crippen molar-refractivity contribution < 1.29 is 8.42 Å². The van der Waals surface area contributed by atoms with Crippen LogP contribution in [0.4, 0.5) is 11.4 Å². The lowest BCUT2D eigenvalue weighted by atomic mass is 10.1. The monoisotopic (exact) mass is 346 g/mol. The van der Waals surface area contributed by atoms with E-state index < -0.39 is 10.0 Å². The number of hydrogen-bond donors (Lipinski definition) is 2. The first kappa shape index (κ1) is 15.8. The van der Waals surface area contributed by atoms with Gasteiger partial charge in [-0.15, -0.1) is 0 Å². The molecule has 21 heavy (non-hydrogen) atoms. The van der Waals surface area contributed by atoms with Crippen molar-refractivity contribution in [2.75, 3.05) is 10.5 Å². The standard InChI is InChI=1S/C12H12Cl2N4O2S/c1-2-7-3-4-8(5-9(7)15)21(19,20)18-10-11(13)16-6-17-12(10)14/h3-6,18H,2,15H2,1H3. The number of nitrogens with zero attached hydrogens (tertiary/aromatic N) is 2. The van der Waals surface area contributed by atoms with Crippen molar-refractivity contribution in [3.63, 3.8) is 0 Å². The summed E-state index contributed by atoms with van der Waals surface area (Å²) in [6.45, 7) is 1.93. The molecule has 0 fully saturated rings. The minimum atomic E-state index is -3.88. The van der Waals surface area contributed by atoms with E-state index in [9.17, 15) is 8.42 Å². The molecule has 2 aromatic rings. The summed E-state index contributed by atoms with van der Waals surface area (Å²) in [5, 5.41) is -0.173. The predicted octanol–water partition coefficient (Wildman–Crippen LogP) is 2.73. The molecule has 0 atom stereocenters. The maximum absolute atomic E-state index is 12.3. The van der Waals surface area contributed by atoms with Crippen molar-refractivity contribution >= 4 is 44.6 Å². The number of nitrogens with two attached hydrogens (primary N) is 1. The fraction of sp³-hybridized carbons (Fsp3) is 0.167. The lowest BCUT2D eigenvalue weighted by Gasteiger charge is -2.11. The van der Waals surface area contributed by atoms with Gasteiger partial charge in [0.05, 0.1) is 4.90 Å². The highest BCUT2D eigenvalue weighted by Gasteiger charge is 2.19. The van der Waals surface area contributed by atoms with E-state index in [1.165, 1.54) is 12.1 Å². The smallest absolute Gasteiger partial charge is 0.262 e. The van der Waals surface area contributed by atoms with Gasteiger partial charge in [-0.2, -0.15) is 0 Å². The zero-order chi connectivity index (χ0) is 15.6. The van der Waals surface area contributed by atoms with Gasteiger partial charge in [0.2, 0.25) is 0 Å². The van der Waals surface area contributed by atoms with Gasteiger partial charge in [-0.05, 0) is 24.1 Å². The van der Waals surface area contributed by atoms with Crippen LogP contribution in [-0.2, 0) is 16.4 Å². The van der Waals surface area contributed by atoms with Crippen LogP contribution < -0.4 is 10.5 Å². The molecule has 0 saturated heterocycles. The average Bonchev–Trinajstić information content (AvgIpc) is 2.43. The number of aromatic nitrogens is 2. The van der Waals surface area contributed by atoms with E-state index in [2.05, 4.69) is 14.7 Å². The van der Waals surface area contributed by atoms with Crippen LogP contribution in [-0.4, -0.2) is 18.4 Å². The van der Waals surface area contributed by atoms with Crippen molar-refractivity contribution in [2.45, 2.75) is 18.2 Å². The first-order chi connectivity index (χ1) is 9.85. The Kier molecular flexibility index (Phi) is 4.55. The highest BCUT2D eigenvalue weighted by molar-refractivity contribution is 7.92. The van der Waals surface area contributed by atoms with Crippen LogP contribution in [0.3, 0.4) is 0 Å². The van der Waals surface area contributed by atoms with Crippen LogP contribution >= 0.6 is 23.2 Å². The van der Waals surface area contributed by atoms with Gasteiger partial charge in [-0.3, -0.25) is 4.72 Å². The van der Waals surface area contributed by atoms with Gasteiger partial charge < -0.3 is 5.73 Å². The summed E-state index contributed by atoms with van der Waals surface area (Å²) >= 11 is 11.6. The number of benzene rings is 1. The maximum Gasteiger partial charge on any atom is 0.262 e. The molecular weight excluding hydrogens is 335 g/mol. The molecule has 0 aliphatic rings. The molecule has 0 bridgehead atoms. The zero-order valence-electron chi connectivity index (χ0n) is 11.0. The SMILES string of the molecule is CCc1ccc(S(=O)(=O)Nc2c(Cl)ncnc2Cl)cc1N. The van der Waals surface area contributed by atoms with Gasteiger partial charge in [-0.25, -0.2) is 18.4 Å². The number of nitrogen functional groups attached to an aromatic ring is 1. The largest absolute Gasteiger partial charge is 0.398 e. The van der Waals surface area contributed by atoms with Gasteiger partial charge in [0.25, 0.3) is 10.0 Å². The Hall–Kier alpha value is -1.57. The van der Waals surface area contributed by atoms with Crippen molar-refractivity contribution in [3.8, 4) is 0 Å². The Morgan fingerprint density at radius 1 is 1.24 bits per heavy atom. The lowest BCUT2D eigenvalue weighted by Crippen LogP contribution is -2.15. The molecular formula is C12H12Cl2N4O2S. The summed E-state index contributed by atoms with van der Waals surface area (Å²) in [6, 6.07) is 4.50. The minimum Gasteiger partial charge on any atom is -0.398 e. The Labute approximate surface area is 132 Å². The number of sulfonamides is 1. The summed E-state index contributed by atoms with van der Waals surface area (Å²) in [5.41, 5.74) is 7.02. The minimum absolute atomic E-state index is 0.00758. The van der Waals surface area contributed by atoms with E-state index in [0.717, 1.165) is 11.9 Å². The Balaban J connectivity index is 2.41. The first-order valence-corrected chi connectivity index (χ1v) is 8.16. The molecule has 0 unspecified atom stereocenters. The molecule has 1 aromatic heterocycles. The molecule has 0 saturated carbocycles. The predicted molar refractivity (Wildman–Crippen MR) is 83.1 cm³/mol. The van der Waals surface area contributed by atoms with Crippen LogP contribution in [0.25, 0.3) is 0 Å². The number of aryl methyl sites for hydroxylation is 1. The molecule has 0 spiro atoms. The normalized spacial score (nSPS) is 11.4. The van der Waals surface area contributed by atoms with Crippen molar-refractivity contribution in [3.05, 3.63) is 40.4 Å². The molecule has 0 radical (unpaired) electrons. The molecule has 1 heterocycles. The molecule has 0 aliphatic heterocycles. The average molecular weight is 347 g/mol. The third kappa shape index (κ3) is 3.37. The molecule has 112 valence electrons. The van der Waals surface area contributed by atoms with E-state index in [4.69, 9.17) is 28.9 Å². The Morgan fingerprint density at radius 2 is 1.86 bits per heavy atom. The van der Waals surface area contributed by atoms with Crippen LogP contribution in [0.15, 0.2) is 29.4 Å². The topological polar surface area (TPSA) is 98.0 Å². The first-order valence-electron chi connectivity index (χ1n) is 5.92. The van der Waals surface area contributed by atoms with E-state index in [1.807, 2.05) is 6.92 Å². The number of hydrogen-bond acceptors (Lipinski definition) is 5. The fourth-order valence-corrected chi connectivity index (χ4v) is 3.31. The third-order valence-corrected chi connectivity index (χ3v) is 4.72. The second kappa shape index (κ2) is 6.05. The van der Waals surface area contributed by atoms with Gasteiger partial charge >= 0.3 is 0 Å². The lowest BCUT2D eigenvalue weighted by molar-refractivity contribution is 0.601. The fourth-order valence-electron chi connectivity index (χ4n) is 1.68. The van der Waals surface area contributed by atoms with Crippen molar-refractivity contribution in [1.29, 1.82) is 0 Å². The van der Waals surface area contributed by atoms with Gasteiger partial charge in [0.1, 0.15) is 12.0 Å². The highest BCUT2D eigenvalue weighted by atomic mass is 35.5. The number of anilines is 2. The van der Waals surface area contributed by atoms with E-state index >= 15 is 0 Å². The van der Waals surface area contributed by atoms with Crippen LogP contribution in [0, 0.1) is 0 Å². The molecule has 0 amide bonds. The van der Waals surface area contributed by atoms with Gasteiger partial charge in [-0.1, -0.05) is 36.2 Å². The number of halogens is 2. The summed E-state index contributed by atoms with van der Waals surface area (Å²) in [7, 11) is -3.88. The summed E-state index contributed by atoms with van der Waals surface area (Å²) in [6.07, 6.45) is 1.85. The third-order valence-electron chi connectivity index (χ3n) is 2.80. The van der Waals surface area contributed by atoms with E-state index in [1.54, 1.807) is 6.07 Å². The zero-order valence-corrected chi connectivity index (χ0v) is 13.3. The van der Waals surface area contributed by atoms with Crippen LogP contribution in [0.5, 0.6) is 0 Å². The molecule has 3 N–H and O–H groups in total. The molecule has 1 aromatic carbocycles. The number of nitrogens with one attached hydrogen (secondary N) is 1. The van der Waals surface area contributed by atoms with Crippen molar-refractivity contribution in [1.82, 2.24) is 9.97 Å². The maximum atomic E-state index is 12.3. The summed E-state index contributed by atoms with van der Waals surface area (Å²) in [4.78, 5) is 7.37. The van der Waals surface area contributed by atoms with Gasteiger partial charge in [0, 0.05) is 5.69 Å².